The van der Waals surface area contributed by atoms with E-state index in [0.29, 0.717) is 30.5 Å². The zero-order valence-electron chi connectivity index (χ0n) is 14.2. The van der Waals surface area contributed by atoms with Crippen LogP contribution in [0.1, 0.15) is 47.4 Å². The van der Waals surface area contributed by atoms with E-state index >= 15 is 0 Å². The molecule has 1 aliphatic heterocycles. The van der Waals surface area contributed by atoms with E-state index in [1.807, 2.05) is 0 Å². The molecule has 24 heavy (non-hydrogen) atoms. The Kier molecular flexibility index (Phi) is 5.76. The Balaban J connectivity index is 1.93. The zero-order chi connectivity index (χ0) is 16.9. The predicted octanol–water partition coefficient (Wildman–Crippen LogP) is 4.53. The van der Waals surface area contributed by atoms with Gasteiger partial charge in [-0.2, -0.15) is 0 Å². The molecule has 3 heteroatoms. The van der Waals surface area contributed by atoms with Gasteiger partial charge in [0.2, 0.25) is 0 Å². The second kappa shape index (κ2) is 8.00. The normalized spacial score (nSPS) is 26.8. The molecule has 2 nitrogen and oxygen atoms in total. The van der Waals surface area contributed by atoms with Gasteiger partial charge in [-0.3, -0.25) is 0 Å². The number of carbonyl (C=O) groups is 1. The fourth-order valence-electron chi connectivity index (χ4n) is 3.59. The fraction of sp³-hybridized carbons (Fsp3) is 0.381. The third-order valence-electron chi connectivity index (χ3n) is 4.71. The van der Waals surface area contributed by atoms with Crippen LogP contribution in [0.3, 0.4) is 0 Å². The van der Waals surface area contributed by atoms with Gasteiger partial charge in [-0.15, -0.1) is 0 Å². The van der Waals surface area contributed by atoms with Gasteiger partial charge in [0, 0.05) is 0 Å². The first kappa shape index (κ1) is 17.3. The van der Waals surface area contributed by atoms with Crippen LogP contribution in [-0.4, -0.2) is 27.0 Å². The molecule has 0 unspecified atom stereocenters. The van der Waals surface area contributed by atoms with E-state index in [1.54, 1.807) is 0 Å². The SMILES string of the molecule is CC[C@@H]1[C@@H](OC(C)=O)C[C@@H](c2ccccc2)[Se][C@H]1c1ccccc1. The molecule has 0 N–H and O–H groups in total. The summed E-state index contributed by atoms with van der Waals surface area (Å²) in [6.07, 6.45) is 2.00. The molecule has 0 aromatic heterocycles. The number of carbonyl (C=O) groups excluding carboxylic acids is 1. The minimum absolute atomic E-state index is 0.0125. The van der Waals surface area contributed by atoms with Gasteiger partial charge in [-0.25, -0.2) is 0 Å². The van der Waals surface area contributed by atoms with Crippen LogP contribution < -0.4 is 0 Å². The molecule has 1 heterocycles. The Morgan fingerprint density at radius 3 is 2.17 bits per heavy atom. The van der Waals surface area contributed by atoms with Crippen molar-refractivity contribution < 1.29 is 9.53 Å². The third kappa shape index (κ3) is 3.91. The first-order chi connectivity index (χ1) is 11.7. The van der Waals surface area contributed by atoms with Gasteiger partial charge < -0.3 is 0 Å². The number of hydrogen-bond acceptors (Lipinski definition) is 2. The van der Waals surface area contributed by atoms with Crippen LogP contribution in [0.25, 0.3) is 0 Å². The van der Waals surface area contributed by atoms with Crippen molar-refractivity contribution in [2.45, 2.75) is 42.4 Å². The van der Waals surface area contributed by atoms with Gasteiger partial charge in [0.15, 0.2) is 0 Å². The van der Waals surface area contributed by atoms with E-state index in [4.69, 9.17) is 4.74 Å². The first-order valence-corrected chi connectivity index (χ1v) is 10.6. The summed E-state index contributed by atoms with van der Waals surface area (Å²) >= 11 is 0.444. The Labute approximate surface area is 150 Å². The molecule has 1 fully saturated rings. The molecule has 2 aromatic rings. The summed E-state index contributed by atoms with van der Waals surface area (Å²) in [4.78, 5) is 12.6. The van der Waals surface area contributed by atoms with Crippen LogP contribution in [0.5, 0.6) is 0 Å². The van der Waals surface area contributed by atoms with Crippen molar-refractivity contribution in [1.82, 2.24) is 0 Å². The summed E-state index contributed by atoms with van der Waals surface area (Å²) in [7, 11) is 0. The number of ether oxygens (including phenoxy) is 1. The van der Waals surface area contributed by atoms with Crippen LogP contribution in [0.4, 0.5) is 0 Å². The van der Waals surface area contributed by atoms with Gasteiger partial charge in [0.1, 0.15) is 0 Å². The third-order valence-corrected chi connectivity index (χ3v) is 8.30. The molecular formula is C21H24O2Se. The van der Waals surface area contributed by atoms with Gasteiger partial charge in [0.25, 0.3) is 0 Å². The molecule has 0 saturated carbocycles. The number of benzene rings is 2. The van der Waals surface area contributed by atoms with Crippen molar-refractivity contribution >= 4 is 20.9 Å². The average molecular weight is 387 g/mol. The van der Waals surface area contributed by atoms with Crippen molar-refractivity contribution in [3.63, 3.8) is 0 Å². The molecule has 0 radical (unpaired) electrons. The van der Waals surface area contributed by atoms with E-state index in [2.05, 4.69) is 67.6 Å². The number of hydrogen-bond donors (Lipinski definition) is 0. The summed E-state index contributed by atoms with van der Waals surface area (Å²) in [5.74, 6) is 0.253. The van der Waals surface area contributed by atoms with E-state index in [0.717, 1.165) is 12.8 Å². The second-order valence-corrected chi connectivity index (χ2v) is 9.15. The van der Waals surface area contributed by atoms with E-state index in [1.165, 1.54) is 18.1 Å². The average Bonchev–Trinajstić information content (AvgIpc) is 2.62. The Morgan fingerprint density at radius 2 is 1.62 bits per heavy atom. The summed E-state index contributed by atoms with van der Waals surface area (Å²) in [5, 5.41) is 0. The Morgan fingerprint density at radius 1 is 1.04 bits per heavy atom. The molecule has 4 atom stereocenters. The first-order valence-electron chi connectivity index (χ1n) is 8.61. The van der Waals surface area contributed by atoms with Crippen LogP contribution in [-0.2, 0) is 9.53 Å². The molecule has 0 amide bonds. The summed E-state index contributed by atoms with van der Waals surface area (Å²) < 4.78 is 5.77. The van der Waals surface area contributed by atoms with Crippen molar-refractivity contribution in [2.75, 3.05) is 0 Å². The fourth-order valence-corrected chi connectivity index (χ4v) is 7.48. The minimum atomic E-state index is -0.161. The Hall–Kier alpha value is -1.57. The van der Waals surface area contributed by atoms with E-state index < -0.39 is 0 Å². The summed E-state index contributed by atoms with van der Waals surface area (Å²) in [5.41, 5.74) is 2.77. The molecule has 0 bridgehead atoms. The molecular weight excluding hydrogens is 363 g/mol. The second-order valence-electron chi connectivity index (χ2n) is 6.32. The summed E-state index contributed by atoms with van der Waals surface area (Å²) in [6.45, 7) is 3.75. The van der Waals surface area contributed by atoms with Crippen molar-refractivity contribution in [3.8, 4) is 0 Å². The molecule has 3 rings (SSSR count). The number of rotatable bonds is 4. The van der Waals surface area contributed by atoms with Crippen LogP contribution >= 0.6 is 0 Å². The topological polar surface area (TPSA) is 26.3 Å². The molecule has 1 aliphatic rings. The van der Waals surface area contributed by atoms with Gasteiger partial charge >= 0.3 is 151 Å². The predicted molar refractivity (Wildman–Crippen MR) is 98.1 cm³/mol. The monoisotopic (exact) mass is 388 g/mol. The molecule has 126 valence electrons. The zero-order valence-corrected chi connectivity index (χ0v) is 15.9. The summed E-state index contributed by atoms with van der Waals surface area (Å²) in [6, 6.07) is 21.5. The van der Waals surface area contributed by atoms with Crippen LogP contribution in [0.15, 0.2) is 60.7 Å². The number of esters is 1. The van der Waals surface area contributed by atoms with Crippen LogP contribution in [0, 0.1) is 5.92 Å². The standard InChI is InChI=1S/C21H24O2Se/c1-3-18-19(23-15(2)22)14-20(16-10-6-4-7-11-16)24-21(18)17-12-8-5-9-13-17/h4-13,18-21H,3,14H2,1-2H3/t18-,19+,20+,21+/m1/s1. The molecule has 2 aromatic carbocycles. The molecule has 1 saturated heterocycles. The maximum atomic E-state index is 11.6. The van der Waals surface area contributed by atoms with Gasteiger partial charge in [-0.1, -0.05) is 0 Å². The van der Waals surface area contributed by atoms with Crippen molar-refractivity contribution in [3.05, 3.63) is 71.8 Å². The van der Waals surface area contributed by atoms with E-state index in [-0.39, 0.29) is 12.1 Å². The quantitative estimate of drug-likeness (QED) is 0.569. The molecule has 0 spiro atoms. The molecule has 0 aliphatic carbocycles. The van der Waals surface area contributed by atoms with E-state index in [9.17, 15) is 4.79 Å². The van der Waals surface area contributed by atoms with Crippen molar-refractivity contribution in [1.29, 1.82) is 0 Å². The Bertz CT molecular complexity index is 656. The van der Waals surface area contributed by atoms with Gasteiger partial charge in [-0.05, 0) is 0 Å². The van der Waals surface area contributed by atoms with Gasteiger partial charge in [0.05, 0.1) is 0 Å². The maximum absolute atomic E-state index is 11.6. The van der Waals surface area contributed by atoms with Crippen LogP contribution in [0.2, 0.25) is 0 Å². The van der Waals surface area contributed by atoms with Crippen molar-refractivity contribution in [2.24, 2.45) is 5.92 Å².